The van der Waals surface area contributed by atoms with Crippen LogP contribution in [0.4, 0.5) is 0 Å². The van der Waals surface area contributed by atoms with Crippen molar-refractivity contribution in [3.8, 4) is 11.5 Å². The standard InChI is InChI=1S/C15H24N2O3/c1-5-15(2,3)17-14(18)10-20-13-8-11(9-16)6-7-12(13)19-4/h6-8H,5,9-10,16H2,1-4H3,(H,17,18). The zero-order valence-electron chi connectivity index (χ0n) is 12.7. The van der Waals surface area contributed by atoms with Crippen molar-refractivity contribution in [1.29, 1.82) is 0 Å². The van der Waals surface area contributed by atoms with Crippen molar-refractivity contribution in [3.63, 3.8) is 0 Å². The number of methoxy groups -OCH3 is 1. The lowest BCUT2D eigenvalue weighted by Gasteiger charge is -2.24. The number of nitrogens with one attached hydrogen (secondary N) is 1. The fraction of sp³-hybridized carbons (Fsp3) is 0.533. The third-order valence-electron chi connectivity index (χ3n) is 3.18. The van der Waals surface area contributed by atoms with Crippen LogP contribution in [0.3, 0.4) is 0 Å². The van der Waals surface area contributed by atoms with Crippen LogP contribution in [0.5, 0.6) is 11.5 Å². The number of hydrogen-bond acceptors (Lipinski definition) is 4. The molecule has 1 aromatic carbocycles. The van der Waals surface area contributed by atoms with E-state index in [1.54, 1.807) is 19.2 Å². The maximum atomic E-state index is 11.8. The summed E-state index contributed by atoms with van der Waals surface area (Å²) >= 11 is 0. The summed E-state index contributed by atoms with van der Waals surface area (Å²) in [6, 6.07) is 5.44. The second kappa shape index (κ2) is 7.14. The first kappa shape index (κ1) is 16.3. The lowest BCUT2D eigenvalue weighted by atomic mass is 10.0. The highest BCUT2D eigenvalue weighted by Crippen LogP contribution is 2.27. The van der Waals surface area contributed by atoms with E-state index in [1.807, 2.05) is 26.8 Å². The summed E-state index contributed by atoms with van der Waals surface area (Å²) in [6.45, 7) is 6.33. The van der Waals surface area contributed by atoms with E-state index in [9.17, 15) is 4.79 Å². The lowest BCUT2D eigenvalue weighted by Crippen LogP contribution is -2.44. The fourth-order valence-corrected chi connectivity index (χ4v) is 1.61. The molecule has 0 heterocycles. The van der Waals surface area contributed by atoms with Crippen LogP contribution < -0.4 is 20.5 Å². The Hall–Kier alpha value is -1.75. The second-order valence-electron chi connectivity index (χ2n) is 5.26. The number of rotatable bonds is 7. The summed E-state index contributed by atoms with van der Waals surface area (Å²) in [6.07, 6.45) is 0.852. The molecule has 0 aliphatic rings. The predicted molar refractivity (Wildman–Crippen MR) is 78.9 cm³/mol. The Morgan fingerprint density at radius 1 is 1.35 bits per heavy atom. The van der Waals surface area contributed by atoms with E-state index in [0.717, 1.165) is 12.0 Å². The normalized spacial score (nSPS) is 11.1. The molecule has 0 aliphatic carbocycles. The lowest BCUT2D eigenvalue weighted by molar-refractivity contribution is -0.124. The predicted octanol–water partition coefficient (Wildman–Crippen LogP) is 1.84. The first-order valence-electron chi connectivity index (χ1n) is 6.72. The summed E-state index contributed by atoms with van der Waals surface area (Å²) < 4.78 is 10.7. The minimum atomic E-state index is -0.233. The molecule has 0 spiro atoms. The van der Waals surface area contributed by atoms with Crippen molar-refractivity contribution in [2.75, 3.05) is 13.7 Å². The number of ether oxygens (including phenoxy) is 2. The average Bonchev–Trinajstić information content (AvgIpc) is 2.44. The van der Waals surface area contributed by atoms with Gasteiger partial charge in [-0.05, 0) is 38.0 Å². The van der Waals surface area contributed by atoms with Gasteiger partial charge in [0.25, 0.3) is 5.91 Å². The van der Waals surface area contributed by atoms with Gasteiger partial charge in [-0.3, -0.25) is 4.79 Å². The topological polar surface area (TPSA) is 73.6 Å². The van der Waals surface area contributed by atoms with E-state index >= 15 is 0 Å². The van der Waals surface area contributed by atoms with Gasteiger partial charge < -0.3 is 20.5 Å². The first-order chi connectivity index (χ1) is 9.41. The van der Waals surface area contributed by atoms with Crippen molar-refractivity contribution in [1.82, 2.24) is 5.32 Å². The molecule has 0 aromatic heterocycles. The number of carbonyl (C=O) groups excluding carboxylic acids is 1. The molecule has 0 aliphatic heterocycles. The zero-order valence-corrected chi connectivity index (χ0v) is 12.7. The van der Waals surface area contributed by atoms with Gasteiger partial charge in [-0.15, -0.1) is 0 Å². The third kappa shape index (κ3) is 4.74. The van der Waals surface area contributed by atoms with Crippen LogP contribution >= 0.6 is 0 Å². The Labute approximate surface area is 120 Å². The SMILES string of the molecule is CCC(C)(C)NC(=O)COc1cc(CN)ccc1OC. The molecule has 1 amide bonds. The van der Waals surface area contributed by atoms with Gasteiger partial charge in [-0.2, -0.15) is 0 Å². The Bertz CT molecular complexity index is 458. The monoisotopic (exact) mass is 280 g/mol. The van der Waals surface area contributed by atoms with E-state index in [0.29, 0.717) is 18.0 Å². The van der Waals surface area contributed by atoms with Gasteiger partial charge in [-0.1, -0.05) is 13.0 Å². The molecule has 1 rings (SSSR count). The molecular weight excluding hydrogens is 256 g/mol. The largest absolute Gasteiger partial charge is 0.493 e. The molecule has 20 heavy (non-hydrogen) atoms. The molecule has 0 bridgehead atoms. The molecule has 0 fully saturated rings. The zero-order chi connectivity index (χ0) is 15.2. The van der Waals surface area contributed by atoms with Gasteiger partial charge in [-0.25, -0.2) is 0 Å². The maximum Gasteiger partial charge on any atom is 0.258 e. The first-order valence-corrected chi connectivity index (χ1v) is 6.72. The number of nitrogens with two attached hydrogens (primary N) is 1. The Morgan fingerprint density at radius 3 is 2.60 bits per heavy atom. The van der Waals surface area contributed by atoms with E-state index in [4.69, 9.17) is 15.2 Å². The summed E-state index contributed by atoms with van der Waals surface area (Å²) in [5.74, 6) is 0.960. The summed E-state index contributed by atoms with van der Waals surface area (Å²) in [5.41, 5.74) is 6.29. The second-order valence-corrected chi connectivity index (χ2v) is 5.26. The molecule has 0 atom stereocenters. The van der Waals surface area contributed by atoms with Crippen LogP contribution in [0, 0.1) is 0 Å². The van der Waals surface area contributed by atoms with Crippen molar-refractivity contribution in [3.05, 3.63) is 23.8 Å². The fourth-order valence-electron chi connectivity index (χ4n) is 1.61. The molecule has 0 unspecified atom stereocenters. The molecule has 5 nitrogen and oxygen atoms in total. The smallest absolute Gasteiger partial charge is 0.258 e. The molecular formula is C15H24N2O3. The van der Waals surface area contributed by atoms with Crippen LogP contribution in [-0.2, 0) is 11.3 Å². The van der Waals surface area contributed by atoms with Crippen LogP contribution in [0.1, 0.15) is 32.8 Å². The molecule has 1 aromatic rings. The Balaban J connectivity index is 2.67. The van der Waals surface area contributed by atoms with Gasteiger partial charge in [0.2, 0.25) is 0 Å². The Morgan fingerprint density at radius 2 is 2.05 bits per heavy atom. The third-order valence-corrected chi connectivity index (χ3v) is 3.18. The number of benzene rings is 1. The molecule has 112 valence electrons. The minimum absolute atomic E-state index is 0.0478. The van der Waals surface area contributed by atoms with Gasteiger partial charge in [0.1, 0.15) is 0 Å². The molecule has 0 saturated heterocycles. The maximum absolute atomic E-state index is 11.8. The van der Waals surface area contributed by atoms with Crippen molar-refractivity contribution >= 4 is 5.91 Å². The molecule has 3 N–H and O–H groups in total. The van der Waals surface area contributed by atoms with Gasteiger partial charge in [0.05, 0.1) is 7.11 Å². The number of carbonyl (C=O) groups is 1. The molecule has 5 heteroatoms. The highest BCUT2D eigenvalue weighted by Gasteiger charge is 2.18. The number of hydrogen-bond donors (Lipinski definition) is 2. The minimum Gasteiger partial charge on any atom is -0.493 e. The Kier molecular flexibility index (Phi) is 5.82. The van der Waals surface area contributed by atoms with Gasteiger partial charge in [0.15, 0.2) is 18.1 Å². The van der Waals surface area contributed by atoms with E-state index < -0.39 is 0 Å². The van der Waals surface area contributed by atoms with Crippen LogP contribution in [0.2, 0.25) is 0 Å². The van der Waals surface area contributed by atoms with Crippen LogP contribution in [0.25, 0.3) is 0 Å². The van der Waals surface area contributed by atoms with Crippen LogP contribution in [0.15, 0.2) is 18.2 Å². The highest BCUT2D eigenvalue weighted by atomic mass is 16.5. The summed E-state index contributed by atoms with van der Waals surface area (Å²) in [5, 5.41) is 2.91. The van der Waals surface area contributed by atoms with Gasteiger partial charge >= 0.3 is 0 Å². The van der Waals surface area contributed by atoms with E-state index in [-0.39, 0.29) is 18.1 Å². The van der Waals surface area contributed by atoms with E-state index in [1.165, 1.54) is 0 Å². The number of amides is 1. The average molecular weight is 280 g/mol. The van der Waals surface area contributed by atoms with Crippen molar-refractivity contribution in [2.24, 2.45) is 5.73 Å². The van der Waals surface area contributed by atoms with E-state index in [2.05, 4.69) is 5.32 Å². The molecule has 0 radical (unpaired) electrons. The quantitative estimate of drug-likeness (QED) is 0.799. The highest BCUT2D eigenvalue weighted by molar-refractivity contribution is 5.78. The summed E-state index contributed by atoms with van der Waals surface area (Å²) in [4.78, 5) is 11.8. The van der Waals surface area contributed by atoms with Crippen molar-refractivity contribution in [2.45, 2.75) is 39.3 Å². The summed E-state index contributed by atoms with van der Waals surface area (Å²) in [7, 11) is 1.56. The van der Waals surface area contributed by atoms with Crippen molar-refractivity contribution < 1.29 is 14.3 Å². The van der Waals surface area contributed by atoms with Gasteiger partial charge in [0, 0.05) is 12.1 Å². The van der Waals surface area contributed by atoms with Crippen LogP contribution in [-0.4, -0.2) is 25.2 Å². The molecule has 0 saturated carbocycles.